The van der Waals surface area contributed by atoms with Gasteiger partial charge in [-0.2, -0.15) is 16.8 Å². The lowest BCUT2D eigenvalue weighted by Crippen LogP contribution is -2.27. The molecule has 0 saturated carbocycles. The molecule has 2 rings (SSSR count). The number of sulfone groups is 1. The van der Waals surface area contributed by atoms with Crippen molar-refractivity contribution in [1.82, 2.24) is 0 Å². The number of hydrogen-bond donors (Lipinski definition) is 4. The zero-order valence-electron chi connectivity index (χ0n) is 15.8. The van der Waals surface area contributed by atoms with E-state index >= 15 is 0 Å². The summed E-state index contributed by atoms with van der Waals surface area (Å²) in [4.78, 5) is 10.5. The van der Waals surface area contributed by atoms with Crippen LogP contribution in [0.2, 0.25) is 0 Å². The smallest absolute Gasteiger partial charge is 0.297 e. The molecule has 2 aromatic carbocycles. The van der Waals surface area contributed by atoms with E-state index in [0.29, 0.717) is 12.1 Å². The molecule has 0 heterocycles. The van der Waals surface area contributed by atoms with Crippen molar-refractivity contribution < 1.29 is 44.3 Å². The van der Waals surface area contributed by atoms with Crippen LogP contribution in [0.3, 0.4) is 0 Å². The van der Waals surface area contributed by atoms with E-state index in [4.69, 9.17) is 11.6 Å². The number of aromatic hydroxyl groups is 1. The predicted octanol–water partition coefficient (Wildman–Crippen LogP) is 1.41. The predicted molar refractivity (Wildman–Crippen MR) is 112 cm³/mol. The SMILES string of the molecule is CC(CC(=O)Nc1ccc2c(O)cc(S(=O)(=O)O)cc2c1S(=O)(=O)O)S(=O)(=O)CCCl. The molecule has 0 radical (unpaired) electrons. The molecule has 31 heavy (non-hydrogen) atoms. The van der Waals surface area contributed by atoms with Crippen LogP contribution in [0, 0.1) is 0 Å². The van der Waals surface area contributed by atoms with E-state index in [9.17, 15) is 44.3 Å². The van der Waals surface area contributed by atoms with Crippen LogP contribution in [-0.4, -0.2) is 62.3 Å². The van der Waals surface area contributed by atoms with Crippen LogP contribution in [0.25, 0.3) is 10.8 Å². The van der Waals surface area contributed by atoms with Gasteiger partial charge in [-0.15, -0.1) is 11.6 Å². The molecular formula is C16H18ClNO10S3. The number of phenolic OH excluding ortho intramolecular Hbond substituents is 1. The van der Waals surface area contributed by atoms with Crippen molar-refractivity contribution in [2.24, 2.45) is 0 Å². The topological polar surface area (TPSA) is 192 Å². The normalized spacial score (nSPS) is 13.8. The average molecular weight is 516 g/mol. The van der Waals surface area contributed by atoms with Gasteiger partial charge in [0.25, 0.3) is 20.2 Å². The maximum absolute atomic E-state index is 12.3. The largest absolute Gasteiger partial charge is 0.507 e. The van der Waals surface area contributed by atoms with Crippen molar-refractivity contribution in [3.05, 3.63) is 24.3 Å². The molecule has 0 aliphatic carbocycles. The number of carbonyl (C=O) groups is 1. The number of halogens is 1. The van der Waals surface area contributed by atoms with Gasteiger partial charge in [0.05, 0.1) is 21.6 Å². The Morgan fingerprint density at radius 2 is 1.65 bits per heavy atom. The molecule has 4 N–H and O–H groups in total. The molecule has 1 amide bonds. The molecule has 2 aromatic rings. The van der Waals surface area contributed by atoms with Crippen LogP contribution in [0.4, 0.5) is 5.69 Å². The maximum Gasteiger partial charge on any atom is 0.297 e. The third-order valence-electron chi connectivity index (χ3n) is 4.32. The summed E-state index contributed by atoms with van der Waals surface area (Å²) >= 11 is 5.43. The molecule has 0 bridgehead atoms. The number of carbonyl (C=O) groups excluding carboxylic acids is 1. The molecule has 11 nitrogen and oxygen atoms in total. The maximum atomic E-state index is 12.3. The average Bonchev–Trinajstić information content (AvgIpc) is 2.59. The minimum Gasteiger partial charge on any atom is -0.507 e. The zero-order chi connectivity index (χ0) is 23.8. The van der Waals surface area contributed by atoms with E-state index in [-0.39, 0.29) is 17.0 Å². The Hall–Kier alpha value is -1.97. The lowest BCUT2D eigenvalue weighted by molar-refractivity contribution is -0.116. The van der Waals surface area contributed by atoms with Gasteiger partial charge < -0.3 is 10.4 Å². The van der Waals surface area contributed by atoms with Crippen molar-refractivity contribution in [3.63, 3.8) is 0 Å². The fraction of sp³-hybridized carbons (Fsp3) is 0.312. The van der Waals surface area contributed by atoms with Gasteiger partial charge in [0.15, 0.2) is 9.84 Å². The molecular weight excluding hydrogens is 498 g/mol. The van der Waals surface area contributed by atoms with E-state index in [1.54, 1.807) is 0 Å². The minimum atomic E-state index is -5.09. The second kappa shape index (κ2) is 8.88. The van der Waals surface area contributed by atoms with Crippen molar-refractivity contribution in [1.29, 1.82) is 0 Å². The van der Waals surface area contributed by atoms with Gasteiger partial charge in [0, 0.05) is 29.1 Å². The fourth-order valence-corrected chi connectivity index (χ4v) is 5.82. The second-order valence-corrected chi connectivity index (χ2v) is 12.2. The third-order valence-corrected chi connectivity index (χ3v) is 8.68. The lowest BCUT2D eigenvalue weighted by atomic mass is 10.1. The van der Waals surface area contributed by atoms with Gasteiger partial charge >= 0.3 is 0 Å². The number of fused-ring (bicyclic) bond motifs is 1. The monoisotopic (exact) mass is 515 g/mol. The number of rotatable bonds is 8. The van der Waals surface area contributed by atoms with Crippen molar-refractivity contribution in [2.75, 3.05) is 16.9 Å². The third kappa shape index (κ3) is 5.84. The van der Waals surface area contributed by atoms with Crippen molar-refractivity contribution >= 4 is 64.0 Å². The van der Waals surface area contributed by atoms with Crippen molar-refractivity contribution in [2.45, 2.75) is 28.4 Å². The van der Waals surface area contributed by atoms with Crippen LogP contribution in [-0.2, 0) is 34.9 Å². The Kier molecular flexibility index (Phi) is 7.24. The molecule has 15 heteroatoms. The Morgan fingerprint density at radius 3 is 2.16 bits per heavy atom. The summed E-state index contributed by atoms with van der Waals surface area (Å²) < 4.78 is 89.6. The number of benzene rings is 2. The first-order valence-corrected chi connectivity index (χ1v) is 13.5. The number of hydrogen-bond acceptors (Lipinski definition) is 8. The summed E-state index contributed by atoms with van der Waals surface area (Å²) in [6.07, 6.45) is -0.557. The Balaban J connectivity index is 2.60. The van der Waals surface area contributed by atoms with Gasteiger partial charge in [0.1, 0.15) is 10.6 Å². The summed E-state index contributed by atoms with van der Waals surface area (Å²) in [7, 11) is -13.6. The van der Waals surface area contributed by atoms with E-state index in [1.165, 1.54) is 6.92 Å². The quantitative estimate of drug-likeness (QED) is 0.295. The standard InChI is InChI=1S/C16H18ClNO10S3/c1-9(29(21,22)5-4-17)6-15(20)18-13-3-2-11-12(16(13)31(26,27)28)7-10(8-14(11)19)30(23,24)25/h2-3,7-9,19H,4-6H2,1H3,(H,18,20)(H,23,24,25)(H,26,27,28). The summed E-state index contributed by atoms with van der Waals surface area (Å²) in [5, 5.41) is 10.3. The van der Waals surface area contributed by atoms with E-state index in [1.807, 2.05) is 0 Å². The highest BCUT2D eigenvalue weighted by Crippen LogP contribution is 2.37. The molecule has 1 atom stereocenters. The Bertz CT molecular complexity index is 1350. The van der Waals surface area contributed by atoms with E-state index in [0.717, 1.165) is 12.1 Å². The zero-order valence-corrected chi connectivity index (χ0v) is 19.0. The van der Waals surface area contributed by atoms with Gasteiger partial charge in [-0.1, -0.05) is 0 Å². The first-order valence-electron chi connectivity index (χ1n) is 8.40. The van der Waals surface area contributed by atoms with E-state index in [2.05, 4.69) is 5.32 Å². The molecule has 0 aromatic heterocycles. The fourth-order valence-electron chi connectivity index (χ4n) is 2.79. The van der Waals surface area contributed by atoms with E-state index < -0.39 is 74.3 Å². The van der Waals surface area contributed by atoms with Crippen LogP contribution >= 0.6 is 11.6 Å². The van der Waals surface area contributed by atoms with Gasteiger partial charge in [0.2, 0.25) is 5.91 Å². The molecule has 0 aliphatic heterocycles. The lowest BCUT2D eigenvalue weighted by Gasteiger charge is -2.15. The van der Waals surface area contributed by atoms with Crippen LogP contribution in [0.1, 0.15) is 13.3 Å². The molecule has 1 unspecified atom stereocenters. The summed E-state index contributed by atoms with van der Waals surface area (Å²) in [6, 6.07) is 3.52. The van der Waals surface area contributed by atoms with Crippen LogP contribution in [0.5, 0.6) is 5.75 Å². The number of amides is 1. The Labute approximate surface area is 183 Å². The number of nitrogens with one attached hydrogen (secondary N) is 1. The van der Waals surface area contributed by atoms with Crippen molar-refractivity contribution in [3.8, 4) is 5.75 Å². The number of phenols is 1. The van der Waals surface area contributed by atoms with Gasteiger partial charge in [-0.05, 0) is 25.1 Å². The van der Waals surface area contributed by atoms with Gasteiger partial charge in [-0.3, -0.25) is 13.9 Å². The van der Waals surface area contributed by atoms with Crippen LogP contribution < -0.4 is 5.32 Å². The first kappa shape index (κ1) is 25.3. The molecule has 0 saturated heterocycles. The van der Waals surface area contributed by atoms with Crippen LogP contribution in [0.15, 0.2) is 34.1 Å². The second-order valence-electron chi connectivity index (χ2n) is 6.55. The Morgan fingerprint density at radius 1 is 1.03 bits per heavy atom. The summed E-state index contributed by atoms with van der Waals surface area (Å²) in [6.45, 7) is 1.27. The molecule has 0 fully saturated rings. The highest BCUT2D eigenvalue weighted by Gasteiger charge is 2.27. The highest BCUT2D eigenvalue weighted by atomic mass is 35.5. The minimum absolute atomic E-state index is 0.175. The van der Waals surface area contributed by atoms with Gasteiger partial charge in [-0.25, -0.2) is 8.42 Å². The molecule has 172 valence electrons. The summed E-state index contributed by atoms with van der Waals surface area (Å²) in [5.74, 6) is -2.17. The highest BCUT2D eigenvalue weighted by molar-refractivity contribution is 7.92. The number of alkyl halides is 1. The molecule has 0 spiro atoms. The number of anilines is 1. The first-order chi connectivity index (χ1) is 14.1. The molecule has 0 aliphatic rings. The summed E-state index contributed by atoms with van der Waals surface area (Å²) in [5.41, 5.74) is -0.492.